The molecule has 2 N–H and O–H groups in total. The number of sulfonamides is 1. The van der Waals surface area contributed by atoms with Gasteiger partial charge in [-0.15, -0.1) is 0 Å². The van der Waals surface area contributed by atoms with E-state index < -0.39 is 10.0 Å². The SMILES string of the molecule is CC(=O)Nc1ccc(S(=O)(=O)N2CCC[C@H](C(=O)NCC(C)C)C2)cc1. The Hall–Kier alpha value is -1.93. The van der Waals surface area contributed by atoms with Gasteiger partial charge in [0.05, 0.1) is 10.8 Å². The standard InChI is InChI=1S/C18H27N3O4S/c1-13(2)11-19-18(23)15-5-4-10-21(12-15)26(24,25)17-8-6-16(7-9-17)20-14(3)22/h6-9,13,15H,4-5,10-12H2,1-3H3,(H,19,23)(H,20,22)/t15-/m0/s1. The first-order valence-corrected chi connectivity index (χ1v) is 10.3. The van der Waals surface area contributed by atoms with Crippen LogP contribution in [0, 0.1) is 11.8 Å². The molecule has 2 rings (SSSR count). The second-order valence-electron chi connectivity index (χ2n) is 7.05. The third kappa shape index (κ3) is 5.28. The minimum absolute atomic E-state index is 0.0837. The smallest absolute Gasteiger partial charge is 0.243 e. The third-order valence-electron chi connectivity index (χ3n) is 4.25. The van der Waals surface area contributed by atoms with E-state index in [-0.39, 0.29) is 29.2 Å². The Morgan fingerprint density at radius 2 is 1.88 bits per heavy atom. The van der Waals surface area contributed by atoms with Crippen molar-refractivity contribution in [3.8, 4) is 0 Å². The molecule has 1 aromatic rings. The molecule has 0 aromatic heterocycles. The van der Waals surface area contributed by atoms with Crippen LogP contribution in [0.4, 0.5) is 5.69 Å². The second-order valence-corrected chi connectivity index (χ2v) is 8.98. The molecule has 144 valence electrons. The molecule has 0 saturated carbocycles. The number of benzene rings is 1. The molecule has 7 nitrogen and oxygen atoms in total. The van der Waals surface area contributed by atoms with Crippen molar-refractivity contribution in [3.05, 3.63) is 24.3 Å². The van der Waals surface area contributed by atoms with Gasteiger partial charge in [-0.05, 0) is 43.0 Å². The molecule has 1 aliphatic rings. The highest BCUT2D eigenvalue weighted by atomic mass is 32.2. The first-order valence-electron chi connectivity index (χ1n) is 8.85. The fourth-order valence-electron chi connectivity index (χ4n) is 2.89. The van der Waals surface area contributed by atoms with Crippen molar-refractivity contribution in [2.75, 3.05) is 25.0 Å². The lowest BCUT2D eigenvalue weighted by atomic mass is 9.98. The fourth-order valence-corrected chi connectivity index (χ4v) is 4.41. The molecular weight excluding hydrogens is 354 g/mol. The van der Waals surface area contributed by atoms with Crippen LogP contribution < -0.4 is 10.6 Å². The number of piperidine rings is 1. The third-order valence-corrected chi connectivity index (χ3v) is 6.13. The van der Waals surface area contributed by atoms with Crippen molar-refractivity contribution in [2.45, 2.75) is 38.5 Å². The lowest BCUT2D eigenvalue weighted by molar-refractivity contribution is -0.126. The number of carbonyl (C=O) groups excluding carboxylic acids is 2. The zero-order chi connectivity index (χ0) is 19.3. The maximum absolute atomic E-state index is 12.9. The quantitative estimate of drug-likeness (QED) is 0.786. The van der Waals surface area contributed by atoms with Crippen molar-refractivity contribution >= 4 is 27.5 Å². The number of hydrogen-bond acceptors (Lipinski definition) is 4. The maximum atomic E-state index is 12.9. The van der Waals surface area contributed by atoms with Crippen molar-refractivity contribution in [1.29, 1.82) is 0 Å². The summed E-state index contributed by atoms with van der Waals surface area (Å²) in [6.07, 6.45) is 1.35. The first kappa shape index (κ1) is 20.4. The molecule has 0 radical (unpaired) electrons. The van der Waals surface area contributed by atoms with E-state index in [2.05, 4.69) is 10.6 Å². The molecule has 0 aliphatic carbocycles. The predicted molar refractivity (Wildman–Crippen MR) is 100 cm³/mol. The first-order chi connectivity index (χ1) is 12.2. The van der Waals surface area contributed by atoms with Gasteiger partial charge >= 0.3 is 0 Å². The van der Waals surface area contributed by atoms with E-state index in [9.17, 15) is 18.0 Å². The summed E-state index contributed by atoms with van der Waals surface area (Å²) in [6, 6.07) is 6.07. The van der Waals surface area contributed by atoms with Crippen LogP contribution in [0.5, 0.6) is 0 Å². The molecule has 1 fully saturated rings. The molecule has 26 heavy (non-hydrogen) atoms. The minimum atomic E-state index is -3.66. The average molecular weight is 381 g/mol. The summed E-state index contributed by atoms with van der Waals surface area (Å²) in [7, 11) is -3.66. The maximum Gasteiger partial charge on any atom is 0.243 e. The van der Waals surface area contributed by atoms with Crippen LogP contribution in [0.25, 0.3) is 0 Å². The van der Waals surface area contributed by atoms with Crippen LogP contribution in [0.3, 0.4) is 0 Å². The zero-order valence-corrected chi connectivity index (χ0v) is 16.3. The highest BCUT2D eigenvalue weighted by Crippen LogP contribution is 2.25. The van der Waals surface area contributed by atoms with Crippen LogP contribution >= 0.6 is 0 Å². The van der Waals surface area contributed by atoms with E-state index in [1.54, 1.807) is 12.1 Å². The Bertz CT molecular complexity index is 744. The monoisotopic (exact) mass is 381 g/mol. The van der Waals surface area contributed by atoms with E-state index in [1.807, 2.05) is 13.8 Å². The summed E-state index contributed by atoms with van der Waals surface area (Å²) in [4.78, 5) is 23.5. The van der Waals surface area contributed by atoms with Crippen LogP contribution in [0.1, 0.15) is 33.6 Å². The number of nitrogens with one attached hydrogen (secondary N) is 2. The molecule has 0 bridgehead atoms. The number of rotatable bonds is 6. The van der Waals surface area contributed by atoms with Crippen LogP contribution in [-0.4, -0.2) is 44.2 Å². The van der Waals surface area contributed by atoms with Gasteiger partial charge in [-0.25, -0.2) is 8.42 Å². The Kier molecular flexibility index (Phi) is 6.77. The molecule has 0 spiro atoms. The van der Waals surface area contributed by atoms with Gasteiger partial charge in [-0.1, -0.05) is 13.8 Å². The molecule has 1 aliphatic heterocycles. The van der Waals surface area contributed by atoms with Crippen molar-refractivity contribution < 1.29 is 18.0 Å². The Morgan fingerprint density at radius 3 is 2.46 bits per heavy atom. The average Bonchev–Trinajstić information content (AvgIpc) is 2.59. The number of anilines is 1. The number of carbonyl (C=O) groups is 2. The molecule has 0 unspecified atom stereocenters. The summed E-state index contributed by atoms with van der Waals surface area (Å²) in [5.41, 5.74) is 0.543. The largest absolute Gasteiger partial charge is 0.356 e. The Balaban J connectivity index is 2.08. The minimum Gasteiger partial charge on any atom is -0.356 e. The van der Waals surface area contributed by atoms with Gasteiger partial charge in [-0.2, -0.15) is 4.31 Å². The van der Waals surface area contributed by atoms with Crippen molar-refractivity contribution in [3.63, 3.8) is 0 Å². The lowest BCUT2D eigenvalue weighted by Gasteiger charge is -2.31. The summed E-state index contributed by atoms with van der Waals surface area (Å²) < 4.78 is 27.1. The summed E-state index contributed by atoms with van der Waals surface area (Å²) >= 11 is 0. The van der Waals surface area contributed by atoms with E-state index in [0.29, 0.717) is 37.5 Å². The Labute approximate surface area is 155 Å². The number of amides is 2. The number of hydrogen-bond donors (Lipinski definition) is 2. The highest BCUT2D eigenvalue weighted by Gasteiger charge is 2.33. The second kappa shape index (κ2) is 8.64. The predicted octanol–water partition coefficient (Wildman–Crippen LogP) is 1.82. The summed E-state index contributed by atoms with van der Waals surface area (Å²) in [6.45, 7) is 6.62. The lowest BCUT2D eigenvalue weighted by Crippen LogP contribution is -2.45. The van der Waals surface area contributed by atoms with Crippen molar-refractivity contribution in [2.24, 2.45) is 11.8 Å². The number of nitrogens with zero attached hydrogens (tertiary/aromatic N) is 1. The molecular formula is C18H27N3O4S. The topological polar surface area (TPSA) is 95.6 Å². The molecule has 1 aromatic carbocycles. The van der Waals surface area contributed by atoms with Gasteiger partial charge in [0.25, 0.3) is 0 Å². The van der Waals surface area contributed by atoms with E-state index in [1.165, 1.54) is 23.4 Å². The van der Waals surface area contributed by atoms with E-state index in [4.69, 9.17) is 0 Å². The molecule has 2 amide bonds. The summed E-state index contributed by atoms with van der Waals surface area (Å²) in [5, 5.41) is 5.50. The van der Waals surface area contributed by atoms with Crippen molar-refractivity contribution in [1.82, 2.24) is 9.62 Å². The van der Waals surface area contributed by atoms with Gasteiger partial charge in [0.2, 0.25) is 21.8 Å². The van der Waals surface area contributed by atoms with Gasteiger partial charge in [-0.3, -0.25) is 9.59 Å². The molecule has 1 heterocycles. The van der Waals surface area contributed by atoms with Gasteiger partial charge in [0.15, 0.2) is 0 Å². The zero-order valence-electron chi connectivity index (χ0n) is 15.5. The molecule has 1 saturated heterocycles. The highest BCUT2D eigenvalue weighted by molar-refractivity contribution is 7.89. The normalized spacial score (nSPS) is 18.5. The van der Waals surface area contributed by atoms with E-state index in [0.717, 1.165) is 0 Å². The molecule has 1 atom stereocenters. The van der Waals surface area contributed by atoms with Gasteiger partial charge in [0, 0.05) is 32.2 Å². The van der Waals surface area contributed by atoms with E-state index >= 15 is 0 Å². The van der Waals surface area contributed by atoms with Crippen LogP contribution in [0.2, 0.25) is 0 Å². The van der Waals surface area contributed by atoms with Gasteiger partial charge in [0.1, 0.15) is 0 Å². The Morgan fingerprint density at radius 1 is 1.23 bits per heavy atom. The van der Waals surface area contributed by atoms with Crippen LogP contribution in [0.15, 0.2) is 29.2 Å². The van der Waals surface area contributed by atoms with Crippen LogP contribution in [-0.2, 0) is 19.6 Å². The fraction of sp³-hybridized carbons (Fsp3) is 0.556. The molecule has 8 heteroatoms. The van der Waals surface area contributed by atoms with Gasteiger partial charge < -0.3 is 10.6 Å². The summed E-state index contributed by atoms with van der Waals surface area (Å²) in [5.74, 6) is -0.271.